The lowest BCUT2D eigenvalue weighted by Gasteiger charge is -2.06. The average molecular weight is 316 g/mol. The Hall–Kier alpha value is -3.61. The molecular formula is C17H12N6O. The summed E-state index contributed by atoms with van der Waals surface area (Å²) in [5.41, 5.74) is 1.61. The number of anilines is 1. The second-order valence-electron chi connectivity index (χ2n) is 5.09. The van der Waals surface area contributed by atoms with E-state index in [-0.39, 0.29) is 5.91 Å². The van der Waals surface area contributed by atoms with E-state index < -0.39 is 0 Å². The molecule has 4 aromatic rings. The topological polar surface area (TPSA) is 85.6 Å². The molecule has 0 bridgehead atoms. The van der Waals surface area contributed by atoms with Crippen molar-refractivity contribution >= 4 is 22.5 Å². The molecule has 116 valence electrons. The van der Waals surface area contributed by atoms with Crippen LogP contribution in [-0.2, 0) is 0 Å². The fourth-order valence-corrected chi connectivity index (χ4v) is 2.28. The highest BCUT2D eigenvalue weighted by Crippen LogP contribution is 2.13. The largest absolute Gasteiger partial charge is 0.318 e. The van der Waals surface area contributed by atoms with Gasteiger partial charge < -0.3 is 5.32 Å². The molecule has 3 heterocycles. The molecule has 0 aliphatic carbocycles. The van der Waals surface area contributed by atoms with Crippen molar-refractivity contribution in [3.8, 4) is 5.95 Å². The average Bonchev–Trinajstić information content (AvgIpc) is 3.16. The second kappa shape index (κ2) is 5.88. The summed E-state index contributed by atoms with van der Waals surface area (Å²) in [6, 6.07) is 11.2. The predicted octanol–water partition coefficient (Wildman–Crippen LogP) is 2.46. The number of pyridine rings is 1. The van der Waals surface area contributed by atoms with Gasteiger partial charge in [0.1, 0.15) is 12.0 Å². The quantitative estimate of drug-likeness (QED) is 0.627. The number of amides is 1. The summed E-state index contributed by atoms with van der Waals surface area (Å²) < 4.78 is 1.68. The maximum atomic E-state index is 12.3. The minimum absolute atomic E-state index is 0.306. The molecule has 1 N–H and O–H groups in total. The number of hydrogen-bond acceptors (Lipinski definition) is 5. The number of nitrogens with one attached hydrogen (secondary N) is 1. The lowest BCUT2D eigenvalue weighted by Crippen LogP contribution is -2.14. The zero-order valence-electron chi connectivity index (χ0n) is 12.5. The number of nitrogens with zero attached hydrogens (tertiary/aromatic N) is 5. The van der Waals surface area contributed by atoms with Gasteiger partial charge in [0.05, 0.1) is 23.6 Å². The molecule has 0 spiro atoms. The summed E-state index contributed by atoms with van der Waals surface area (Å²) in [5.74, 6) is 0.175. The van der Waals surface area contributed by atoms with Gasteiger partial charge >= 0.3 is 0 Å². The third-order valence-electron chi connectivity index (χ3n) is 3.46. The first-order valence-corrected chi connectivity index (χ1v) is 7.27. The van der Waals surface area contributed by atoms with Gasteiger partial charge in [-0.05, 0) is 12.1 Å². The molecule has 3 aromatic heterocycles. The number of aromatic nitrogens is 5. The van der Waals surface area contributed by atoms with Crippen molar-refractivity contribution in [3.05, 3.63) is 73.2 Å². The van der Waals surface area contributed by atoms with Crippen LogP contribution in [0, 0.1) is 0 Å². The molecule has 1 aromatic carbocycles. The van der Waals surface area contributed by atoms with Gasteiger partial charge in [0.2, 0.25) is 5.95 Å². The Morgan fingerprint density at radius 3 is 2.67 bits per heavy atom. The van der Waals surface area contributed by atoms with Crippen molar-refractivity contribution in [2.45, 2.75) is 0 Å². The van der Waals surface area contributed by atoms with Gasteiger partial charge in [0.25, 0.3) is 5.91 Å². The molecule has 0 unspecified atom stereocenters. The molecule has 7 heteroatoms. The summed E-state index contributed by atoms with van der Waals surface area (Å²) in [5, 5.41) is 3.73. The molecule has 0 fully saturated rings. The van der Waals surface area contributed by atoms with Crippen molar-refractivity contribution in [3.63, 3.8) is 0 Å². The Balaban J connectivity index is 1.54. The van der Waals surface area contributed by atoms with Gasteiger partial charge in [0, 0.05) is 17.8 Å². The van der Waals surface area contributed by atoms with E-state index in [0.717, 1.165) is 10.9 Å². The number of imidazole rings is 1. The van der Waals surface area contributed by atoms with Gasteiger partial charge in [-0.25, -0.2) is 19.9 Å². The maximum absolute atomic E-state index is 12.3. The van der Waals surface area contributed by atoms with Gasteiger partial charge in [-0.2, -0.15) is 0 Å². The highest BCUT2D eigenvalue weighted by atomic mass is 16.1. The first kappa shape index (κ1) is 14.0. The van der Waals surface area contributed by atoms with Crippen molar-refractivity contribution < 1.29 is 4.79 Å². The molecular weight excluding hydrogens is 304 g/mol. The van der Waals surface area contributed by atoms with Crippen LogP contribution in [0.1, 0.15) is 10.5 Å². The number of carbonyl (C=O) groups is 1. The number of fused-ring (bicyclic) bond motifs is 1. The van der Waals surface area contributed by atoms with E-state index in [9.17, 15) is 4.79 Å². The van der Waals surface area contributed by atoms with Crippen LogP contribution in [-0.4, -0.2) is 30.4 Å². The van der Waals surface area contributed by atoms with Crippen LogP contribution in [0.3, 0.4) is 0 Å². The van der Waals surface area contributed by atoms with Crippen LogP contribution in [0.15, 0.2) is 67.5 Å². The van der Waals surface area contributed by atoms with E-state index >= 15 is 0 Å². The zero-order valence-corrected chi connectivity index (χ0v) is 12.5. The van der Waals surface area contributed by atoms with E-state index in [1.54, 1.807) is 41.7 Å². The summed E-state index contributed by atoms with van der Waals surface area (Å²) in [6.07, 6.45) is 8.08. The van der Waals surface area contributed by atoms with Gasteiger partial charge in [-0.1, -0.05) is 24.3 Å². The Labute approximate surface area is 137 Å². The monoisotopic (exact) mass is 316 g/mol. The molecule has 0 aliphatic heterocycles. The highest BCUT2D eigenvalue weighted by molar-refractivity contribution is 6.03. The minimum atomic E-state index is -0.306. The fraction of sp³-hybridized carbons (Fsp3) is 0. The van der Waals surface area contributed by atoms with E-state index in [1.807, 2.05) is 30.3 Å². The summed E-state index contributed by atoms with van der Waals surface area (Å²) in [4.78, 5) is 29.0. The van der Waals surface area contributed by atoms with Crippen LogP contribution < -0.4 is 5.32 Å². The standard InChI is InChI=1S/C17H12N6O/c24-16(15-6-5-12-3-1-2-4-14(12)22-15)21-13-9-19-17(20-10-13)23-8-7-18-11-23/h1-11H,(H,21,24). The molecule has 0 saturated carbocycles. The fourth-order valence-electron chi connectivity index (χ4n) is 2.28. The molecule has 24 heavy (non-hydrogen) atoms. The van der Waals surface area contributed by atoms with E-state index in [0.29, 0.717) is 17.3 Å². The van der Waals surface area contributed by atoms with E-state index in [4.69, 9.17) is 0 Å². The molecule has 0 radical (unpaired) electrons. The smallest absolute Gasteiger partial charge is 0.274 e. The Morgan fingerprint density at radius 2 is 1.88 bits per heavy atom. The second-order valence-corrected chi connectivity index (χ2v) is 5.09. The van der Waals surface area contributed by atoms with Gasteiger partial charge in [-0.15, -0.1) is 0 Å². The number of hydrogen-bond donors (Lipinski definition) is 1. The third kappa shape index (κ3) is 2.70. The Bertz CT molecular complexity index is 995. The summed E-state index contributed by atoms with van der Waals surface area (Å²) >= 11 is 0. The first-order chi connectivity index (χ1) is 11.8. The van der Waals surface area contributed by atoms with Crippen LogP contribution in [0.5, 0.6) is 0 Å². The first-order valence-electron chi connectivity index (χ1n) is 7.27. The summed E-state index contributed by atoms with van der Waals surface area (Å²) in [7, 11) is 0. The molecule has 0 saturated heterocycles. The van der Waals surface area contributed by atoms with Crippen LogP contribution in [0.4, 0.5) is 5.69 Å². The Kier molecular flexibility index (Phi) is 3.43. The predicted molar refractivity (Wildman–Crippen MR) is 88.9 cm³/mol. The third-order valence-corrected chi connectivity index (χ3v) is 3.46. The maximum Gasteiger partial charge on any atom is 0.274 e. The lowest BCUT2D eigenvalue weighted by molar-refractivity contribution is 0.102. The van der Waals surface area contributed by atoms with Gasteiger partial charge in [-0.3, -0.25) is 9.36 Å². The number of carbonyl (C=O) groups excluding carboxylic acids is 1. The lowest BCUT2D eigenvalue weighted by atomic mass is 10.2. The molecule has 0 atom stereocenters. The minimum Gasteiger partial charge on any atom is -0.318 e. The zero-order chi connectivity index (χ0) is 16.4. The van der Waals surface area contributed by atoms with Crippen LogP contribution in [0.25, 0.3) is 16.9 Å². The van der Waals surface area contributed by atoms with Crippen LogP contribution >= 0.6 is 0 Å². The molecule has 0 aliphatic rings. The molecule has 7 nitrogen and oxygen atoms in total. The summed E-state index contributed by atoms with van der Waals surface area (Å²) in [6.45, 7) is 0. The molecule has 4 rings (SSSR count). The number of benzene rings is 1. The van der Waals surface area contributed by atoms with Crippen molar-refractivity contribution in [2.75, 3.05) is 5.32 Å². The van der Waals surface area contributed by atoms with Gasteiger partial charge in [0.15, 0.2) is 0 Å². The number of para-hydroxylation sites is 1. The normalized spacial score (nSPS) is 10.7. The number of rotatable bonds is 3. The van der Waals surface area contributed by atoms with E-state index in [1.165, 1.54) is 0 Å². The Morgan fingerprint density at radius 1 is 1.04 bits per heavy atom. The van der Waals surface area contributed by atoms with Crippen molar-refractivity contribution in [1.29, 1.82) is 0 Å². The van der Waals surface area contributed by atoms with E-state index in [2.05, 4.69) is 25.3 Å². The molecule has 1 amide bonds. The van der Waals surface area contributed by atoms with Crippen LogP contribution in [0.2, 0.25) is 0 Å². The van der Waals surface area contributed by atoms with Crippen molar-refractivity contribution in [2.24, 2.45) is 0 Å². The van der Waals surface area contributed by atoms with Crippen molar-refractivity contribution in [1.82, 2.24) is 24.5 Å². The highest BCUT2D eigenvalue weighted by Gasteiger charge is 2.09. The SMILES string of the molecule is O=C(Nc1cnc(-n2ccnc2)nc1)c1ccc2ccccc2n1.